The smallest absolute Gasteiger partial charge is 0.264 e. The van der Waals surface area contributed by atoms with Gasteiger partial charge in [-0.25, -0.2) is 8.42 Å². The molecule has 1 aliphatic rings. The normalized spacial score (nSPS) is 14.3. The lowest BCUT2D eigenvalue weighted by Gasteiger charge is -2.35. The average molecular weight is 693 g/mol. The number of hydrogen-bond acceptors (Lipinski definition) is 4. The summed E-state index contributed by atoms with van der Waals surface area (Å²) in [5.74, 6) is -0.772. The first kappa shape index (κ1) is 34.5. The van der Waals surface area contributed by atoms with E-state index in [-0.39, 0.29) is 29.8 Å². The van der Waals surface area contributed by atoms with Crippen molar-refractivity contribution < 1.29 is 18.0 Å². The van der Waals surface area contributed by atoms with Crippen LogP contribution in [0.2, 0.25) is 10.0 Å². The van der Waals surface area contributed by atoms with Crippen LogP contribution >= 0.6 is 23.2 Å². The van der Waals surface area contributed by atoms with Crippen molar-refractivity contribution >= 4 is 50.7 Å². The molecule has 7 nitrogen and oxygen atoms in total. The summed E-state index contributed by atoms with van der Waals surface area (Å²) in [5.41, 5.74) is 2.69. The second kappa shape index (κ2) is 15.8. The third-order valence-corrected chi connectivity index (χ3v) is 10.8. The predicted molar refractivity (Wildman–Crippen MR) is 188 cm³/mol. The molecule has 246 valence electrons. The van der Waals surface area contributed by atoms with Crippen LogP contribution in [-0.4, -0.2) is 43.8 Å². The SMILES string of the molecule is Cc1ccccc1N(CC(=O)N(Cc1ccc(Cl)cc1)[C@H](Cc1ccccc1)C(=O)NC1CCCCC1)S(=O)(=O)c1ccc(Cl)cc1. The first-order valence-electron chi connectivity index (χ1n) is 15.8. The molecule has 1 fully saturated rings. The van der Waals surface area contributed by atoms with Crippen LogP contribution < -0.4 is 9.62 Å². The van der Waals surface area contributed by atoms with E-state index >= 15 is 0 Å². The topological polar surface area (TPSA) is 86.8 Å². The number of halogens is 2. The number of nitrogens with one attached hydrogen (secondary N) is 1. The molecule has 10 heteroatoms. The molecule has 1 N–H and O–H groups in total. The van der Waals surface area contributed by atoms with Gasteiger partial charge >= 0.3 is 0 Å². The van der Waals surface area contributed by atoms with Gasteiger partial charge in [-0.1, -0.05) is 103 Å². The van der Waals surface area contributed by atoms with Crippen LogP contribution in [0.4, 0.5) is 5.69 Å². The number of sulfonamides is 1. The number of hydrogen-bond donors (Lipinski definition) is 1. The van der Waals surface area contributed by atoms with Crippen LogP contribution in [0.25, 0.3) is 0 Å². The Morgan fingerprint density at radius 3 is 2.02 bits per heavy atom. The highest BCUT2D eigenvalue weighted by Crippen LogP contribution is 2.29. The van der Waals surface area contributed by atoms with Gasteiger partial charge in [-0.2, -0.15) is 0 Å². The molecule has 1 atom stereocenters. The number of anilines is 1. The molecule has 4 aromatic carbocycles. The summed E-state index contributed by atoms with van der Waals surface area (Å²) >= 11 is 12.3. The van der Waals surface area contributed by atoms with E-state index in [1.807, 2.05) is 48.5 Å². The maximum Gasteiger partial charge on any atom is 0.264 e. The van der Waals surface area contributed by atoms with Gasteiger partial charge in [0.05, 0.1) is 10.6 Å². The molecule has 0 heterocycles. The summed E-state index contributed by atoms with van der Waals surface area (Å²) < 4.78 is 29.6. The number of benzene rings is 4. The van der Waals surface area contributed by atoms with Crippen molar-refractivity contribution in [2.45, 2.75) is 69.0 Å². The van der Waals surface area contributed by atoms with Crippen molar-refractivity contribution in [2.24, 2.45) is 0 Å². The van der Waals surface area contributed by atoms with Crippen LogP contribution in [0, 0.1) is 6.92 Å². The zero-order valence-electron chi connectivity index (χ0n) is 26.3. The molecule has 0 spiro atoms. The summed E-state index contributed by atoms with van der Waals surface area (Å²) in [7, 11) is -4.22. The lowest BCUT2D eigenvalue weighted by molar-refractivity contribution is -0.140. The number of nitrogens with zero attached hydrogens (tertiary/aromatic N) is 2. The summed E-state index contributed by atoms with van der Waals surface area (Å²) in [5, 5.41) is 4.16. The molecule has 0 saturated heterocycles. The highest BCUT2D eigenvalue weighted by Gasteiger charge is 2.35. The zero-order valence-corrected chi connectivity index (χ0v) is 28.6. The summed E-state index contributed by atoms with van der Waals surface area (Å²) in [6.07, 6.45) is 5.24. The van der Waals surface area contributed by atoms with Crippen molar-refractivity contribution in [3.63, 3.8) is 0 Å². The summed E-state index contributed by atoms with van der Waals surface area (Å²) in [6, 6.07) is 28.6. The van der Waals surface area contributed by atoms with Gasteiger partial charge in [-0.05, 0) is 78.9 Å². The molecule has 1 aliphatic carbocycles. The Labute approximate surface area is 287 Å². The number of aryl methyl sites for hydroxylation is 1. The van der Waals surface area contributed by atoms with Gasteiger partial charge in [0, 0.05) is 29.1 Å². The molecule has 0 aliphatic heterocycles. The molecule has 0 radical (unpaired) electrons. The highest BCUT2D eigenvalue weighted by molar-refractivity contribution is 7.92. The Morgan fingerprint density at radius 1 is 0.787 bits per heavy atom. The first-order chi connectivity index (χ1) is 22.6. The zero-order chi connectivity index (χ0) is 33.4. The Morgan fingerprint density at radius 2 is 1.38 bits per heavy atom. The molecule has 0 unspecified atom stereocenters. The van der Waals surface area contributed by atoms with Gasteiger partial charge < -0.3 is 10.2 Å². The quantitative estimate of drug-likeness (QED) is 0.166. The van der Waals surface area contributed by atoms with Crippen molar-refractivity contribution in [3.05, 3.63) is 130 Å². The minimum Gasteiger partial charge on any atom is -0.352 e. The Balaban J connectivity index is 1.56. The Bertz CT molecular complexity index is 1760. The standard InChI is InChI=1S/C37H39Cl2N3O4S/c1-27-10-8-9-15-34(27)42(47(45,46)33-22-20-31(39)21-23-33)26-36(43)41(25-29-16-18-30(38)19-17-29)35(24-28-11-4-2-5-12-28)37(44)40-32-13-6-3-7-14-32/h2,4-5,8-12,15-23,32,35H,3,6-7,13-14,24-26H2,1H3,(H,40,44)/t35-/m1/s1. The molecule has 0 bridgehead atoms. The number of carbonyl (C=O) groups excluding carboxylic acids is 2. The van der Waals surface area contributed by atoms with E-state index in [0.717, 1.165) is 47.5 Å². The Hall–Kier alpha value is -3.85. The average Bonchev–Trinajstić information content (AvgIpc) is 3.07. The first-order valence-corrected chi connectivity index (χ1v) is 18.0. The maximum atomic E-state index is 14.7. The van der Waals surface area contributed by atoms with Gasteiger partial charge in [0.15, 0.2) is 0 Å². The van der Waals surface area contributed by atoms with E-state index in [4.69, 9.17) is 23.2 Å². The monoisotopic (exact) mass is 691 g/mol. The van der Waals surface area contributed by atoms with Gasteiger partial charge in [0.1, 0.15) is 12.6 Å². The van der Waals surface area contributed by atoms with E-state index in [0.29, 0.717) is 21.3 Å². The van der Waals surface area contributed by atoms with E-state index in [1.165, 1.54) is 29.2 Å². The van der Waals surface area contributed by atoms with Crippen LogP contribution in [0.5, 0.6) is 0 Å². The fourth-order valence-electron chi connectivity index (χ4n) is 5.98. The number of rotatable bonds is 12. The predicted octanol–water partition coefficient (Wildman–Crippen LogP) is 7.59. The van der Waals surface area contributed by atoms with Crippen molar-refractivity contribution in [2.75, 3.05) is 10.8 Å². The molecule has 1 saturated carbocycles. The van der Waals surface area contributed by atoms with Crippen molar-refractivity contribution in [1.82, 2.24) is 10.2 Å². The van der Waals surface area contributed by atoms with Crippen molar-refractivity contribution in [1.29, 1.82) is 0 Å². The van der Waals surface area contributed by atoms with Gasteiger partial charge in [-0.3, -0.25) is 13.9 Å². The third-order valence-electron chi connectivity index (χ3n) is 8.55. The van der Waals surface area contributed by atoms with Crippen LogP contribution in [0.1, 0.15) is 48.8 Å². The van der Waals surface area contributed by atoms with E-state index in [2.05, 4.69) is 5.32 Å². The van der Waals surface area contributed by atoms with Crippen LogP contribution in [0.3, 0.4) is 0 Å². The second-order valence-corrected chi connectivity index (χ2v) is 14.7. The number of carbonyl (C=O) groups is 2. The fourth-order valence-corrected chi connectivity index (χ4v) is 7.71. The minimum atomic E-state index is -4.22. The molecule has 47 heavy (non-hydrogen) atoms. The van der Waals surface area contributed by atoms with Gasteiger partial charge in [-0.15, -0.1) is 0 Å². The number of para-hydroxylation sites is 1. The largest absolute Gasteiger partial charge is 0.352 e. The fraction of sp³-hybridized carbons (Fsp3) is 0.297. The van der Waals surface area contributed by atoms with E-state index < -0.39 is 28.5 Å². The summed E-state index contributed by atoms with van der Waals surface area (Å²) in [4.78, 5) is 30.4. The maximum absolute atomic E-state index is 14.7. The molecule has 5 rings (SSSR count). The van der Waals surface area contributed by atoms with E-state index in [9.17, 15) is 18.0 Å². The van der Waals surface area contributed by atoms with Crippen LogP contribution in [0.15, 0.2) is 108 Å². The third kappa shape index (κ3) is 8.95. The van der Waals surface area contributed by atoms with E-state index in [1.54, 1.807) is 37.3 Å². The lowest BCUT2D eigenvalue weighted by Crippen LogP contribution is -2.55. The van der Waals surface area contributed by atoms with Crippen molar-refractivity contribution in [3.8, 4) is 0 Å². The van der Waals surface area contributed by atoms with Gasteiger partial charge in [0.25, 0.3) is 10.0 Å². The lowest BCUT2D eigenvalue weighted by atomic mass is 9.94. The molecular formula is C37H39Cl2N3O4S. The highest BCUT2D eigenvalue weighted by atomic mass is 35.5. The van der Waals surface area contributed by atoms with Crippen LogP contribution in [-0.2, 0) is 32.6 Å². The molecule has 0 aromatic heterocycles. The Kier molecular flexibility index (Phi) is 11.6. The second-order valence-electron chi connectivity index (χ2n) is 11.9. The van der Waals surface area contributed by atoms with Gasteiger partial charge in [0.2, 0.25) is 11.8 Å². The molecular weight excluding hydrogens is 653 g/mol. The summed E-state index contributed by atoms with van der Waals surface area (Å²) in [6.45, 7) is 1.35. The number of amides is 2. The molecule has 4 aromatic rings. The molecule has 2 amide bonds. The minimum absolute atomic E-state index is 0.00178.